The summed E-state index contributed by atoms with van der Waals surface area (Å²) in [4.78, 5) is 12.5. The van der Waals surface area contributed by atoms with Crippen LogP contribution in [0.1, 0.15) is 36.4 Å². The van der Waals surface area contributed by atoms with Gasteiger partial charge in [-0.3, -0.25) is 0 Å². The van der Waals surface area contributed by atoms with E-state index >= 15 is 0 Å². The summed E-state index contributed by atoms with van der Waals surface area (Å²) in [6.45, 7) is 4.64. The van der Waals surface area contributed by atoms with Gasteiger partial charge in [-0.1, -0.05) is 19.9 Å². The first-order valence-electron chi connectivity index (χ1n) is 10.2. The molecule has 0 amide bonds. The lowest BCUT2D eigenvalue weighted by Crippen LogP contribution is -2.42. The van der Waals surface area contributed by atoms with Crippen LogP contribution in [0.2, 0.25) is 0 Å². The summed E-state index contributed by atoms with van der Waals surface area (Å²) in [7, 11) is -4.71. The van der Waals surface area contributed by atoms with Crippen molar-refractivity contribution in [2.45, 2.75) is 36.9 Å². The number of benzene rings is 1. The number of piperidine rings is 1. The Morgan fingerprint density at radius 1 is 1.09 bits per heavy atom. The molecule has 1 fully saturated rings. The lowest BCUT2D eigenvalue weighted by atomic mass is 9.94. The van der Waals surface area contributed by atoms with Crippen LogP contribution in [0, 0.1) is 11.8 Å². The van der Waals surface area contributed by atoms with Gasteiger partial charge in [0.25, 0.3) is 10.0 Å². The van der Waals surface area contributed by atoms with Crippen LogP contribution in [0.15, 0.2) is 50.8 Å². The Morgan fingerprint density at radius 2 is 1.75 bits per heavy atom. The molecule has 0 radical (unpaired) electrons. The minimum absolute atomic E-state index is 0.0330. The molecule has 0 N–H and O–H groups in total. The number of esters is 1. The SMILES string of the molecule is CC1CC(C)CN(S(=O)(=O)c2cccc(C(=O)OCc3ccc(S(=O)(=O)N(C)C)o3)c2)C1. The molecule has 9 nitrogen and oxygen atoms in total. The fourth-order valence-electron chi connectivity index (χ4n) is 3.71. The fourth-order valence-corrected chi connectivity index (χ4v) is 6.25. The average Bonchev–Trinajstić information content (AvgIpc) is 3.21. The standard InChI is InChI=1S/C21H28N2O7S2/c1-15-10-16(2)13-23(12-15)31(25,26)19-7-5-6-17(11-19)21(24)29-14-18-8-9-20(30-18)32(27,28)22(3)4/h5-9,11,15-16H,10,12-14H2,1-4H3. The fraction of sp³-hybridized carbons (Fsp3) is 0.476. The van der Waals surface area contributed by atoms with Crippen molar-refractivity contribution in [1.29, 1.82) is 0 Å². The summed E-state index contributed by atoms with van der Waals surface area (Å²) in [5, 5.41) is -0.258. The van der Waals surface area contributed by atoms with E-state index in [9.17, 15) is 21.6 Å². The van der Waals surface area contributed by atoms with Crippen molar-refractivity contribution >= 4 is 26.0 Å². The molecule has 0 aliphatic carbocycles. The number of furan rings is 1. The zero-order valence-corrected chi connectivity index (χ0v) is 20.1. The Labute approximate surface area is 189 Å². The Bertz CT molecular complexity index is 1180. The zero-order valence-electron chi connectivity index (χ0n) is 18.5. The van der Waals surface area contributed by atoms with Gasteiger partial charge in [-0.25, -0.2) is 25.9 Å². The summed E-state index contributed by atoms with van der Waals surface area (Å²) < 4.78 is 63.2. The first-order chi connectivity index (χ1) is 14.9. The summed E-state index contributed by atoms with van der Waals surface area (Å²) >= 11 is 0. The predicted molar refractivity (Wildman–Crippen MR) is 117 cm³/mol. The molecule has 32 heavy (non-hydrogen) atoms. The molecular weight excluding hydrogens is 456 g/mol. The third-order valence-corrected chi connectivity index (χ3v) is 8.78. The van der Waals surface area contributed by atoms with Gasteiger partial charge in [0.15, 0.2) is 0 Å². The molecule has 0 saturated carbocycles. The first kappa shape index (κ1) is 24.4. The summed E-state index contributed by atoms with van der Waals surface area (Å²) in [5.74, 6) is -0.0676. The van der Waals surface area contributed by atoms with Gasteiger partial charge < -0.3 is 9.15 Å². The molecule has 1 aromatic heterocycles. The van der Waals surface area contributed by atoms with Gasteiger partial charge in [-0.05, 0) is 48.6 Å². The van der Waals surface area contributed by atoms with E-state index in [4.69, 9.17) is 9.15 Å². The van der Waals surface area contributed by atoms with E-state index in [0.29, 0.717) is 13.1 Å². The molecule has 1 saturated heterocycles. The molecule has 2 atom stereocenters. The van der Waals surface area contributed by atoms with Crippen molar-refractivity contribution in [1.82, 2.24) is 8.61 Å². The Balaban J connectivity index is 1.71. The van der Waals surface area contributed by atoms with Crippen LogP contribution < -0.4 is 0 Å². The van der Waals surface area contributed by atoms with E-state index in [1.807, 2.05) is 13.8 Å². The number of rotatable bonds is 7. The minimum atomic E-state index is -3.74. The highest BCUT2D eigenvalue weighted by atomic mass is 32.2. The van der Waals surface area contributed by atoms with Crippen LogP contribution in [0.25, 0.3) is 0 Å². The van der Waals surface area contributed by atoms with Gasteiger partial charge in [0.1, 0.15) is 12.4 Å². The lowest BCUT2D eigenvalue weighted by molar-refractivity contribution is 0.0440. The number of carbonyl (C=O) groups is 1. The summed E-state index contributed by atoms with van der Waals surface area (Å²) in [6, 6.07) is 8.41. The highest BCUT2D eigenvalue weighted by Crippen LogP contribution is 2.27. The molecular formula is C21H28N2O7S2. The van der Waals surface area contributed by atoms with E-state index in [2.05, 4.69) is 0 Å². The van der Waals surface area contributed by atoms with Gasteiger partial charge >= 0.3 is 5.97 Å². The average molecular weight is 485 g/mol. The lowest BCUT2D eigenvalue weighted by Gasteiger charge is -2.34. The second-order valence-corrected chi connectivity index (χ2v) is 12.4. The van der Waals surface area contributed by atoms with Crippen molar-refractivity contribution in [3.63, 3.8) is 0 Å². The molecule has 1 aromatic carbocycles. The number of hydrogen-bond donors (Lipinski definition) is 0. The quantitative estimate of drug-likeness (QED) is 0.555. The predicted octanol–water partition coefficient (Wildman–Crippen LogP) is 2.55. The van der Waals surface area contributed by atoms with E-state index in [-0.39, 0.29) is 39.8 Å². The van der Waals surface area contributed by atoms with Gasteiger partial charge in [-0.15, -0.1) is 0 Å². The highest BCUT2D eigenvalue weighted by Gasteiger charge is 2.32. The normalized spacial score (nSPS) is 20.4. The number of ether oxygens (including phenoxy) is 1. The molecule has 0 spiro atoms. The molecule has 2 unspecified atom stereocenters. The van der Waals surface area contributed by atoms with Crippen molar-refractivity contribution < 1.29 is 30.8 Å². The number of carbonyl (C=O) groups excluding carboxylic acids is 1. The largest absolute Gasteiger partial charge is 0.454 e. The van der Waals surface area contributed by atoms with Crippen molar-refractivity contribution in [3.05, 3.63) is 47.7 Å². The van der Waals surface area contributed by atoms with Gasteiger partial charge in [-0.2, -0.15) is 4.31 Å². The molecule has 11 heteroatoms. The number of sulfonamides is 2. The summed E-state index contributed by atoms with van der Waals surface area (Å²) in [5.41, 5.74) is 0.0804. The van der Waals surface area contributed by atoms with E-state index in [1.54, 1.807) is 0 Å². The van der Waals surface area contributed by atoms with Crippen LogP contribution >= 0.6 is 0 Å². The van der Waals surface area contributed by atoms with Gasteiger partial charge in [0.2, 0.25) is 15.1 Å². The van der Waals surface area contributed by atoms with Crippen LogP contribution in [-0.2, 0) is 31.4 Å². The van der Waals surface area contributed by atoms with Crippen molar-refractivity contribution in [2.75, 3.05) is 27.2 Å². The monoisotopic (exact) mass is 484 g/mol. The summed E-state index contributed by atoms with van der Waals surface area (Å²) in [6.07, 6.45) is 0.975. The molecule has 2 heterocycles. The third-order valence-electron chi connectivity index (χ3n) is 5.26. The van der Waals surface area contributed by atoms with Crippen LogP contribution in [0.4, 0.5) is 0 Å². The first-order valence-corrected chi connectivity index (χ1v) is 13.1. The minimum Gasteiger partial charge on any atom is -0.454 e. The van der Waals surface area contributed by atoms with Crippen LogP contribution in [0.3, 0.4) is 0 Å². The maximum absolute atomic E-state index is 13.1. The highest BCUT2D eigenvalue weighted by molar-refractivity contribution is 7.89. The maximum atomic E-state index is 13.1. The van der Waals surface area contributed by atoms with Crippen LogP contribution in [0.5, 0.6) is 0 Å². The zero-order chi connectivity index (χ0) is 23.7. The number of hydrogen-bond acceptors (Lipinski definition) is 7. The third kappa shape index (κ3) is 5.22. The Kier molecular flexibility index (Phi) is 7.13. The molecule has 0 bridgehead atoms. The second kappa shape index (κ2) is 9.34. The second-order valence-electron chi connectivity index (χ2n) is 8.38. The van der Waals surface area contributed by atoms with Gasteiger partial charge in [0, 0.05) is 27.2 Å². The molecule has 176 valence electrons. The van der Waals surface area contributed by atoms with Crippen molar-refractivity contribution in [3.8, 4) is 0 Å². The molecule has 1 aliphatic rings. The Hall–Kier alpha value is -2.21. The molecule has 3 rings (SSSR count). The van der Waals surface area contributed by atoms with Gasteiger partial charge in [0.05, 0.1) is 10.5 Å². The number of nitrogens with zero attached hydrogens (tertiary/aromatic N) is 2. The maximum Gasteiger partial charge on any atom is 0.338 e. The molecule has 2 aromatic rings. The van der Waals surface area contributed by atoms with Crippen LogP contribution in [-0.4, -0.2) is 58.6 Å². The smallest absolute Gasteiger partial charge is 0.338 e. The van der Waals surface area contributed by atoms with E-state index < -0.39 is 26.0 Å². The van der Waals surface area contributed by atoms with E-state index in [1.165, 1.54) is 54.8 Å². The molecule has 1 aliphatic heterocycles. The Morgan fingerprint density at radius 3 is 2.38 bits per heavy atom. The topological polar surface area (TPSA) is 114 Å². The van der Waals surface area contributed by atoms with Crippen molar-refractivity contribution in [2.24, 2.45) is 11.8 Å². The van der Waals surface area contributed by atoms with E-state index in [0.717, 1.165) is 10.7 Å².